The molecule has 3 amide bonds. The van der Waals surface area contributed by atoms with Gasteiger partial charge in [0.05, 0.1) is 5.69 Å². The van der Waals surface area contributed by atoms with E-state index in [1.807, 2.05) is 0 Å². The van der Waals surface area contributed by atoms with Gasteiger partial charge in [-0.3, -0.25) is 4.79 Å². The third-order valence-electron chi connectivity index (χ3n) is 3.67. The Hall–Kier alpha value is -2.28. The molecular formula is C16H11BrF2N2O2. The van der Waals surface area contributed by atoms with Crippen molar-refractivity contribution >= 4 is 33.6 Å². The van der Waals surface area contributed by atoms with Gasteiger partial charge in [-0.15, -0.1) is 0 Å². The monoisotopic (exact) mass is 380 g/mol. The minimum absolute atomic E-state index is 0.383. The number of hydrogen-bond acceptors (Lipinski definition) is 2. The Morgan fingerprint density at radius 2 is 1.70 bits per heavy atom. The topological polar surface area (TPSA) is 40.6 Å². The number of urea groups is 1. The van der Waals surface area contributed by atoms with Crippen LogP contribution in [0.4, 0.5) is 19.3 Å². The predicted molar refractivity (Wildman–Crippen MR) is 83.9 cm³/mol. The van der Waals surface area contributed by atoms with Gasteiger partial charge in [0.15, 0.2) is 0 Å². The van der Waals surface area contributed by atoms with Crippen LogP contribution in [-0.2, 0) is 4.79 Å². The number of halogens is 3. The van der Waals surface area contributed by atoms with E-state index in [1.165, 1.54) is 11.9 Å². The Balaban J connectivity index is 2.04. The molecule has 23 heavy (non-hydrogen) atoms. The van der Waals surface area contributed by atoms with Gasteiger partial charge in [-0.1, -0.05) is 28.1 Å². The quantitative estimate of drug-likeness (QED) is 0.742. The van der Waals surface area contributed by atoms with Crippen LogP contribution in [0, 0.1) is 11.6 Å². The van der Waals surface area contributed by atoms with Gasteiger partial charge >= 0.3 is 6.03 Å². The van der Waals surface area contributed by atoms with Crippen molar-refractivity contribution < 1.29 is 18.4 Å². The number of benzene rings is 2. The van der Waals surface area contributed by atoms with E-state index in [2.05, 4.69) is 15.9 Å². The molecule has 0 radical (unpaired) electrons. The summed E-state index contributed by atoms with van der Waals surface area (Å²) in [5, 5.41) is 0. The molecule has 3 rings (SSSR count). The number of nitrogens with zero attached hydrogens (tertiary/aromatic N) is 2. The number of likely N-dealkylation sites (N-methyl/N-ethyl adjacent to an activating group) is 1. The van der Waals surface area contributed by atoms with Gasteiger partial charge in [-0.2, -0.15) is 0 Å². The first-order valence-electron chi connectivity index (χ1n) is 6.71. The number of anilines is 1. The summed E-state index contributed by atoms with van der Waals surface area (Å²) >= 11 is 3.30. The van der Waals surface area contributed by atoms with Gasteiger partial charge in [-0.05, 0) is 29.8 Å². The molecule has 1 heterocycles. The summed E-state index contributed by atoms with van der Waals surface area (Å²) in [7, 11) is 1.45. The molecule has 1 aliphatic rings. The minimum Gasteiger partial charge on any atom is -0.311 e. The number of hydrogen-bond donors (Lipinski definition) is 0. The van der Waals surface area contributed by atoms with E-state index in [-0.39, 0.29) is 5.69 Å². The van der Waals surface area contributed by atoms with Gasteiger partial charge in [0.2, 0.25) is 0 Å². The van der Waals surface area contributed by atoms with Crippen molar-refractivity contribution in [2.75, 3.05) is 11.9 Å². The van der Waals surface area contributed by atoms with E-state index in [0.29, 0.717) is 10.5 Å². The van der Waals surface area contributed by atoms with Gasteiger partial charge in [0.25, 0.3) is 5.91 Å². The van der Waals surface area contributed by atoms with Crippen LogP contribution in [-0.4, -0.2) is 23.9 Å². The smallest absolute Gasteiger partial charge is 0.311 e. The van der Waals surface area contributed by atoms with Crippen LogP contribution in [0.3, 0.4) is 0 Å². The average molecular weight is 381 g/mol. The molecule has 1 atom stereocenters. The molecule has 1 unspecified atom stereocenters. The van der Waals surface area contributed by atoms with Gasteiger partial charge in [0.1, 0.15) is 17.7 Å². The zero-order valence-electron chi connectivity index (χ0n) is 12.0. The molecule has 0 bridgehead atoms. The molecule has 0 aromatic heterocycles. The summed E-state index contributed by atoms with van der Waals surface area (Å²) in [4.78, 5) is 26.9. The summed E-state index contributed by atoms with van der Waals surface area (Å²) in [5.41, 5.74) is 0.208. The third-order valence-corrected chi connectivity index (χ3v) is 4.20. The zero-order chi connectivity index (χ0) is 16.7. The van der Waals surface area contributed by atoms with Crippen molar-refractivity contribution in [3.05, 3.63) is 64.1 Å². The molecule has 118 valence electrons. The standard InChI is InChI=1S/C16H11BrF2N2O2/c1-20-14(9-2-4-10(17)5-3-9)15(22)21(16(20)23)13-8-11(18)6-7-12(13)19/h2-8,14H,1H3. The first-order valence-corrected chi connectivity index (χ1v) is 7.50. The van der Waals surface area contributed by atoms with Crippen LogP contribution in [0.5, 0.6) is 0 Å². The van der Waals surface area contributed by atoms with Crippen LogP contribution < -0.4 is 4.90 Å². The maximum atomic E-state index is 13.9. The lowest BCUT2D eigenvalue weighted by Crippen LogP contribution is -2.32. The van der Waals surface area contributed by atoms with Gasteiger partial charge in [-0.25, -0.2) is 18.5 Å². The molecule has 4 nitrogen and oxygen atoms in total. The average Bonchev–Trinajstić information content (AvgIpc) is 2.73. The van der Waals surface area contributed by atoms with Crippen molar-refractivity contribution in [2.45, 2.75) is 6.04 Å². The number of amides is 3. The molecule has 1 saturated heterocycles. The second kappa shape index (κ2) is 5.73. The Kier molecular flexibility index (Phi) is 3.89. The third kappa shape index (κ3) is 2.61. The van der Waals surface area contributed by atoms with Crippen molar-refractivity contribution in [3.63, 3.8) is 0 Å². The second-order valence-electron chi connectivity index (χ2n) is 5.12. The van der Waals surface area contributed by atoms with Crippen LogP contribution in [0.25, 0.3) is 0 Å². The fraction of sp³-hybridized carbons (Fsp3) is 0.125. The molecule has 1 aliphatic heterocycles. The van der Waals surface area contributed by atoms with E-state index in [4.69, 9.17) is 0 Å². The molecule has 0 N–H and O–H groups in total. The fourth-order valence-corrected chi connectivity index (χ4v) is 2.80. The molecule has 2 aromatic carbocycles. The second-order valence-corrected chi connectivity index (χ2v) is 6.03. The van der Waals surface area contributed by atoms with Crippen LogP contribution in [0.15, 0.2) is 46.9 Å². The molecule has 0 spiro atoms. The van der Waals surface area contributed by atoms with E-state index >= 15 is 0 Å². The van der Waals surface area contributed by atoms with Crippen LogP contribution >= 0.6 is 15.9 Å². The van der Waals surface area contributed by atoms with E-state index in [9.17, 15) is 18.4 Å². The highest BCUT2D eigenvalue weighted by atomic mass is 79.9. The lowest BCUT2D eigenvalue weighted by atomic mass is 10.1. The highest BCUT2D eigenvalue weighted by molar-refractivity contribution is 9.10. The summed E-state index contributed by atoms with van der Waals surface area (Å²) in [5.74, 6) is -2.18. The highest BCUT2D eigenvalue weighted by Gasteiger charge is 2.45. The highest BCUT2D eigenvalue weighted by Crippen LogP contribution is 2.34. The fourth-order valence-electron chi connectivity index (χ4n) is 2.54. The Morgan fingerprint density at radius 3 is 2.35 bits per heavy atom. The number of carbonyl (C=O) groups is 2. The summed E-state index contributed by atoms with van der Waals surface area (Å²) < 4.78 is 28.1. The molecule has 1 fully saturated rings. The van der Waals surface area contributed by atoms with Crippen LogP contribution in [0.2, 0.25) is 0 Å². The maximum Gasteiger partial charge on any atom is 0.332 e. The minimum atomic E-state index is -0.877. The van der Waals surface area contributed by atoms with Crippen molar-refractivity contribution in [2.24, 2.45) is 0 Å². The van der Waals surface area contributed by atoms with Gasteiger partial charge in [0, 0.05) is 17.6 Å². The van der Waals surface area contributed by atoms with E-state index in [1.54, 1.807) is 24.3 Å². The zero-order valence-corrected chi connectivity index (χ0v) is 13.5. The van der Waals surface area contributed by atoms with Crippen molar-refractivity contribution in [1.29, 1.82) is 0 Å². The molecule has 2 aromatic rings. The van der Waals surface area contributed by atoms with Gasteiger partial charge < -0.3 is 4.90 Å². The number of rotatable bonds is 2. The van der Waals surface area contributed by atoms with Crippen molar-refractivity contribution in [3.8, 4) is 0 Å². The first kappa shape index (κ1) is 15.6. The normalized spacial score (nSPS) is 18.0. The number of carbonyl (C=O) groups excluding carboxylic acids is 2. The Morgan fingerprint density at radius 1 is 1.04 bits per heavy atom. The molecule has 0 saturated carbocycles. The lowest BCUT2D eigenvalue weighted by molar-refractivity contribution is -0.119. The summed E-state index contributed by atoms with van der Waals surface area (Å²) in [6, 6.07) is 7.95. The molecule has 0 aliphatic carbocycles. The summed E-state index contributed by atoms with van der Waals surface area (Å²) in [6.07, 6.45) is 0. The maximum absolute atomic E-state index is 13.9. The van der Waals surface area contributed by atoms with Crippen LogP contribution in [0.1, 0.15) is 11.6 Å². The predicted octanol–water partition coefficient (Wildman–Crippen LogP) is 3.87. The molecule has 7 heteroatoms. The number of imide groups is 1. The molecular weight excluding hydrogens is 370 g/mol. The SMILES string of the molecule is CN1C(=O)N(c2cc(F)ccc2F)C(=O)C1c1ccc(Br)cc1. The lowest BCUT2D eigenvalue weighted by Gasteiger charge is -2.16. The largest absolute Gasteiger partial charge is 0.332 e. The van der Waals surface area contributed by atoms with E-state index < -0.39 is 29.6 Å². The Bertz CT molecular complexity index is 795. The Labute approximate surface area is 139 Å². The summed E-state index contributed by atoms with van der Waals surface area (Å²) in [6.45, 7) is 0. The first-order chi connectivity index (χ1) is 10.9. The van der Waals surface area contributed by atoms with E-state index in [0.717, 1.165) is 22.7 Å². The van der Waals surface area contributed by atoms with Crippen molar-refractivity contribution in [1.82, 2.24) is 4.90 Å².